The maximum Gasteiger partial charge on any atom is 0.151 e. The third kappa shape index (κ3) is 4.58. The Hall–Kier alpha value is -3.89. The summed E-state index contributed by atoms with van der Waals surface area (Å²) in [6.45, 7) is 0. The molecule has 35 heavy (non-hydrogen) atoms. The molecule has 0 amide bonds. The van der Waals surface area contributed by atoms with Gasteiger partial charge in [-0.15, -0.1) is 0 Å². The van der Waals surface area contributed by atoms with E-state index in [9.17, 15) is 4.79 Å². The molecule has 1 heterocycles. The van der Waals surface area contributed by atoms with E-state index in [2.05, 4.69) is 29.6 Å². The fourth-order valence-corrected chi connectivity index (χ4v) is 5.14. The van der Waals surface area contributed by atoms with Crippen molar-refractivity contribution in [3.63, 3.8) is 0 Å². The highest BCUT2D eigenvalue weighted by Gasteiger charge is 2.45. The first-order chi connectivity index (χ1) is 17.2. The summed E-state index contributed by atoms with van der Waals surface area (Å²) in [6.07, 6.45) is 0. The molecule has 0 bridgehead atoms. The summed E-state index contributed by atoms with van der Waals surface area (Å²) in [4.78, 5) is 14.5. The van der Waals surface area contributed by atoms with Gasteiger partial charge in [0.05, 0.1) is 26.1 Å². The molecule has 5 rings (SSSR count). The highest BCUT2D eigenvalue weighted by Crippen LogP contribution is 2.47. The van der Waals surface area contributed by atoms with Crippen molar-refractivity contribution in [1.29, 1.82) is 0 Å². The molecule has 4 nitrogen and oxygen atoms in total. The topological polar surface area (TPSA) is 47.6 Å². The molecule has 1 aliphatic rings. The number of piperidine rings is 1. The van der Waals surface area contributed by atoms with E-state index < -0.39 is 0 Å². The van der Waals surface area contributed by atoms with E-state index >= 15 is 0 Å². The summed E-state index contributed by atoms with van der Waals surface area (Å²) >= 11 is 0. The van der Waals surface area contributed by atoms with Crippen LogP contribution in [-0.2, 0) is 4.79 Å². The average molecular weight is 464 g/mol. The smallest absolute Gasteiger partial charge is 0.151 e. The minimum atomic E-state index is -0.329. The van der Waals surface area contributed by atoms with Gasteiger partial charge in [0.15, 0.2) is 5.78 Å². The van der Waals surface area contributed by atoms with Gasteiger partial charge in [0.1, 0.15) is 11.5 Å². The first kappa shape index (κ1) is 22.9. The summed E-state index contributed by atoms with van der Waals surface area (Å²) in [5.74, 6) is 1.14. The number of carbonyl (C=O) groups excluding carboxylic acids is 1. The van der Waals surface area contributed by atoms with Crippen LogP contribution in [-0.4, -0.2) is 20.0 Å². The largest absolute Gasteiger partial charge is 0.497 e. The summed E-state index contributed by atoms with van der Waals surface area (Å²) in [7, 11) is 3.32. The van der Waals surface area contributed by atoms with Crippen molar-refractivity contribution in [1.82, 2.24) is 5.32 Å². The predicted molar refractivity (Wildman–Crippen MR) is 138 cm³/mol. The lowest BCUT2D eigenvalue weighted by Gasteiger charge is -2.42. The van der Waals surface area contributed by atoms with Crippen molar-refractivity contribution in [2.45, 2.75) is 23.9 Å². The summed E-state index contributed by atoms with van der Waals surface area (Å²) in [5.41, 5.74) is 4.14. The quantitative estimate of drug-likeness (QED) is 0.368. The molecule has 0 unspecified atom stereocenters. The van der Waals surface area contributed by atoms with Crippen LogP contribution >= 0.6 is 0 Å². The number of benzene rings is 4. The number of methoxy groups -OCH3 is 2. The summed E-state index contributed by atoms with van der Waals surface area (Å²) in [5, 5.41) is 3.89. The molecule has 1 aliphatic heterocycles. The molecule has 1 N–H and O–H groups in total. The minimum Gasteiger partial charge on any atom is -0.497 e. The molecule has 0 aromatic heterocycles. The van der Waals surface area contributed by atoms with Gasteiger partial charge in [0.2, 0.25) is 0 Å². The Bertz CT molecular complexity index is 1160. The number of Topliss-reactive ketones (excluding diaryl/α,β-unsaturated/α-hetero) is 1. The number of rotatable bonds is 6. The maximum absolute atomic E-state index is 14.5. The summed E-state index contributed by atoms with van der Waals surface area (Å²) < 4.78 is 10.8. The van der Waals surface area contributed by atoms with E-state index in [0.717, 1.165) is 33.8 Å². The van der Waals surface area contributed by atoms with E-state index in [1.54, 1.807) is 14.2 Å². The molecule has 4 aromatic carbocycles. The van der Waals surface area contributed by atoms with Crippen LogP contribution < -0.4 is 14.8 Å². The van der Waals surface area contributed by atoms with Crippen LogP contribution in [0.2, 0.25) is 0 Å². The second-order valence-corrected chi connectivity index (χ2v) is 8.85. The molecule has 0 spiro atoms. The molecule has 0 radical (unpaired) electrons. The fourth-order valence-electron chi connectivity index (χ4n) is 5.14. The van der Waals surface area contributed by atoms with Crippen LogP contribution in [0.15, 0.2) is 109 Å². The predicted octanol–water partition coefficient (Wildman–Crippen LogP) is 6.23. The van der Waals surface area contributed by atoms with Crippen LogP contribution in [0.1, 0.15) is 46.2 Å². The molecule has 0 saturated carbocycles. The van der Waals surface area contributed by atoms with E-state index in [0.29, 0.717) is 0 Å². The Labute approximate surface area is 206 Å². The number of ketones is 1. The van der Waals surface area contributed by atoms with Gasteiger partial charge in [-0.3, -0.25) is 4.79 Å². The minimum absolute atomic E-state index is 0.192. The van der Waals surface area contributed by atoms with Crippen LogP contribution in [0.25, 0.3) is 0 Å². The van der Waals surface area contributed by atoms with Gasteiger partial charge in [-0.1, -0.05) is 84.9 Å². The monoisotopic (exact) mass is 463 g/mol. The maximum atomic E-state index is 14.5. The SMILES string of the molecule is COc1ccc([C@H]2N[C@H](c3ccc(OC)cc3)[C@H](c3ccccc3)C(=O)[C@@H]2c2ccccc2)cc1. The van der Waals surface area contributed by atoms with Crippen molar-refractivity contribution in [2.24, 2.45) is 0 Å². The third-order valence-corrected chi connectivity index (χ3v) is 6.91. The molecule has 4 heteroatoms. The third-order valence-electron chi connectivity index (χ3n) is 6.91. The van der Waals surface area contributed by atoms with E-state index in [-0.39, 0.29) is 29.7 Å². The Morgan fingerprint density at radius 2 is 0.886 bits per heavy atom. The Morgan fingerprint density at radius 3 is 1.23 bits per heavy atom. The Kier molecular flexibility index (Phi) is 6.64. The van der Waals surface area contributed by atoms with Crippen LogP contribution in [0.5, 0.6) is 11.5 Å². The lowest BCUT2D eigenvalue weighted by atomic mass is 9.70. The number of carbonyl (C=O) groups is 1. The highest BCUT2D eigenvalue weighted by atomic mass is 16.5. The van der Waals surface area contributed by atoms with Crippen molar-refractivity contribution in [3.05, 3.63) is 131 Å². The fraction of sp³-hybridized carbons (Fsp3) is 0.194. The number of nitrogens with one attached hydrogen (secondary N) is 1. The van der Waals surface area contributed by atoms with E-state index in [1.165, 1.54) is 0 Å². The first-order valence-corrected chi connectivity index (χ1v) is 11.9. The standard InChI is InChI=1S/C31H29NO3/c1-34-25-17-13-23(14-18-25)29-27(21-9-5-3-6-10-21)31(33)28(22-11-7-4-8-12-22)30(32-29)24-15-19-26(35-2)20-16-24/h3-20,27-30,32H,1-2H3/t27-,28+,29-,30-/m1/s1. The number of ether oxygens (including phenoxy) is 2. The average Bonchev–Trinajstić information content (AvgIpc) is 2.93. The molecule has 176 valence electrons. The van der Waals surface area contributed by atoms with Crippen LogP contribution in [0.3, 0.4) is 0 Å². The summed E-state index contributed by atoms with van der Waals surface area (Å²) in [6, 6.07) is 35.8. The zero-order valence-corrected chi connectivity index (χ0v) is 19.9. The van der Waals surface area contributed by atoms with Crippen molar-refractivity contribution in [3.8, 4) is 11.5 Å². The molecular formula is C31H29NO3. The van der Waals surface area contributed by atoms with Gasteiger partial charge in [0.25, 0.3) is 0 Å². The zero-order chi connectivity index (χ0) is 24.2. The highest BCUT2D eigenvalue weighted by molar-refractivity contribution is 5.94. The Morgan fingerprint density at radius 1 is 0.514 bits per heavy atom. The Balaban J connectivity index is 1.64. The normalized spacial score (nSPS) is 21.9. The second-order valence-electron chi connectivity index (χ2n) is 8.85. The molecule has 1 fully saturated rings. The van der Waals surface area contributed by atoms with E-state index in [1.807, 2.05) is 84.9 Å². The molecule has 4 atom stereocenters. The lowest BCUT2D eigenvalue weighted by Crippen LogP contribution is -2.46. The van der Waals surface area contributed by atoms with Crippen LogP contribution in [0.4, 0.5) is 0 Å². The van der Waals surface area contributed by atoms with Crippen molar-refractivity contribution < 1.29 is 14.3 Å². The van der Waals surface area contributed by atoms with Crippen molar-refractivity contribution in [2.75, 3.05) is 14.2 Å². The van der Waals surface area contributed by atoms with Gasteiger partial charge in [0, 0.05) is 12.1 Å². The van der Waals surface area contributed by atoms with Gasteiger partial charge in [-0.25, -0.2) is 0 Å². The van der Waals surface area contributed by atoms with Gasteiger partial charge in [-0.2, -0.15) is 0 Å². The second kappa shape index (κ2) is 10.2. The molecule has 0 aliphatic carbocycles. The van der Waals surface area contributed by atoms with Crippen LogP contribution in [0, 0.1) is 0 Å². The number of hydrogen-bond acceptors (Lipinski definition) is 4. The van der Waals surface area contributed by atoms with Gasteiger partial charge in [-0.05, 0) is 46.5 Å². The lowest BCUT2D eigenvalue weighted by molar-refractivity contribution is -0.125. The van der Waals surface area contributed by atoms with E-state index in [4.69, 9.17) is 9.47 Å². The molecular weight excluding hydrogens is 434 g/mol. The van der Waals surface area contributed by atoms with Crippen molar-refractivity contribution >= 4 is 5.78 Å². The van der Waals surface area contributed by atoms with Gasteiger partial charge >= 0.3 is 0 Å². The molecule has 4 aromatic rings. The first-order valence-electron chi connectivity index (χ1n) is 11.9. The zero-order valence-electron chi connectivity index (χ0n) is 19.9. The number of hydrogen-bond donors (Lipinski definition) is 1. The van der Waals surface area contributed by atoms with Gasteiger partial charge < -0.3 is 14.8 Å². The molecule has 1 saturated heterocycles.